The van der Waals surface area contributed by atoms with Crippen molar-refractivity contribution in [2.24, 2.45) is 0 Å². The van der Waals surface area contributed by atoms with E-state index in [-0.39, 0.29) is 0 Å². The number of hydrogen-bond acceptors (Lipinski definition) is 7. The van der Waals surface area contributed by atoms with Gasteiger partial charge in [0.05, 0.1) is 17.7 Å². The van der Waals surface area contributed by atoms with Crippen LogP contribution in [-0.4, -0.2) is 27.4 Å². The number of rotatable bonds is 7. The standard InChI is InChI=1S/C15H18N4O2S/c1-10-13-14(17-11(2)18-15(13)21-19-10)16-6-4-8-22-9-12-5-3-7-20-12/h3,5,7H,4,6,8-9H2,1-2H3,(H,16,17,18). The largest absolute Gasteiger partial charge is 0.468 e. The van der Waals surface area contributed by atoms with Crippen LogP contribution >= 0.6 is 11.8 Å². The lowest BCUT2D eigenvalue weighted by atomic mass is 10.3. The number of nitrogens with one attached hydrogen (secondary N) is 1. The third-order valence-electron chi connectivity index (χ3n) is 3.20. The molecule has 0 saturated heterocycles. The molecule has 7 heteroatoms. The highest BCUT2D eigenvalue weighted by Gasteiger charge is 2.13. The van der Waals surface area contributed by atoms with Gasteiger partial charge in [0.2, 0.25) is 0 Å². The number of aryl methyl sites for hydroxylation is 2. The predicted molar refractivity (Wildman–Crippen MR) is 87.0 cm³/mol. The Labute approximate surface area is 132 Å². The molecule has 3 aromatic heterocycles. The second kappa shape index (κ2) is 6.83. The number of fused-ring (bicyclic) bond motifs is 1. The zero-order valence-corrected chi connectivity index (χ0v) is 13.4. The van der Waals surface area contributed by atoms with Gasteiger partial charge in [0, 0.05) is 6.54 Å². The molecule has 0 spiro atoms. The lowest BCUT2D eigenvalue weighted by Gasteiger charge is -2.07. The first kappa shape index (κ1) is 14.9. The summed E-state index contributed by atoms with van der Waals surface area (Å²) in [6, 6.07) is 3.92. The molecule has 3 rings (SSSR count). The SMILES string of the molecule is Cc1nc(NCCCSCc2ccco2)c2c(C)noc2n1. The van der Waals surface area contributed by atoms with E-state index < -0.39 is 0 Å². The molecule has 0 aliphatic carbocycles. The van der Waals surface area contributed by atoms with E-state index in [2.05, 4.69) is 20.4 Å². The topological polar surface area (TPSA) is 77.0 Å². The van der Waals surface area contributed by atoms with Crippen LogP contribution in [0.1, 0.15) is 23.7 Å². The fourth-order valence-corrected chi connectivity index (χ4v) is 3.03. The lowest BCUT2D eigenvalue weighted by molar-refractivity contribution is 0.442. The zero-order valence-electron chi connectivity index (χ0n) is 12.6. The van der Waals surface area contributed by atoms with E-state index in [1.807, 2.05) is 37.7 Å². The molecule has 0 aliphatic heterocycles. The molecule has 22 heavy (non-hydrogen) atoms. The van der Waals surface area contributed by atoms with Gasteiger partial charge in [-0.2, -0.15) is 16.7 Å². The van der Waals surface area contributed by atoms with Gasteiger partial charge in [0.15, 0.2) is 0 Å². The fraction of sp³-hybridized carbons (Fsp3) is 0.400. The highest BCUT2D eigenvalue weighted by molar-refractivity contribution is 7.98. The summed E-state index contributed by atoms with van der Waals surface area (Å²) < 4.78 is 10.5. The summed E-state index contributed by atoms with van der Waals surface area (Å²) in [4.78, 5) is 8.70. The minimum atomic E-state index is 0.541. The summed E-state index contributed by atoms with van der Waals surface area (Å²) in [7, 11) is 0. The van der Waals surface area contributed by atoms with Crippen molar-refractivity contribution in [3.63, 3.8) is 0 Å². The number of anilines is 1. The third-order valence-corrected chi connectivity index (χ3v) is 4.27. The molecule has 0 aromatic carbocycles. The third kappa shape index (κ3) is 3.41. The van der Waals surface area contributed by atoms with Crippen LogP contribution in [0, 0.1) is 13.8 Å². The number of nitrogens with zero attached hydrogens (tertiary/aromatic N) is 3. The Morgan fingerprint density at radius 2 is 2.18 bits per heavy atom. The molecular weight excluding hydrogens is 300 g/mol. The summed E-state index contributed by atoms with van der Waals surface area (Å²) in [5, 5.41) is 8.18. The quantitative estimate of drug-likeness (QED) is 0.667. The minimum Gasteiger partial charge on any atom is -0.468 e. The number of furan rings is 1. The Kier molecular flexibility index (Phi) is 4.62. The van der Waals surface area contributed by atoms with Gasteiger partial charge < -0.3 is 14.3 Å². The molecule has 116 valence electrons. The van der Waals surface area contributed by atoms with Crippen LogP contribution in [0.15, 0.2) is 27.3 Å². The number of aromatic nitrogens is 3. The molecule has 0 aliphatic rings. The maximum atomic E-state index is 5.30. The Bertz CT molecular complexity index is 739. The number of hydrogen-bond donors (Lipinski definition) is 1. The van der Waals surface area contributed by atoms with Crippen LogP contribution < -0.4 is 5.32 Å². The molecule has 3 aromatic rings. The van der Waals surface area contributed by atoms with Gasteiger partial charge in [-0.3, -0.25) is 0 Å². The van der Waals surface area contributed by atoms with Gasteiger partial charge in [-0.25, -0.2) is 4.98 Å². The van der Waals surface area contributed by atoms with Crippen LogP contribution in [0.4, 0.5) is 5.82 Å². The van der Waals surface area contributed by atoms with Gasteiger partial charge in [0.25, 0.3) is 5.71 Å². The van der Waals surface area contributed by atoms with E-state index in [1.54, 1.807) is 6.26 Å². The van der Waals surface area contributed by atoms with E-state index >= 15 is 0 Å². The molecule has 0 fully saturated rings. The van der Waals surface area contributed by atoms with Gasteiger partial charge in [-0.1, -0.05) is 5.16 Å². The molecule has 0 radical (unpaired) electrons. The van der Waals surface area contributed by atoms with Crippen molar-refractivity contribution in [3.05, 3.63) is 35.7 Å². The highest BCUT2D eigenvalue weighted by Crippen LogP contribution is 2.23. The summed E-state index contributed by atoms with van der Waals surface area (Å²) >= 11 is 1.86. The van der Waals surface area contributed by atoms with Crippen molar-refractivity contribution >= 4 is 28.7 Å². The van der Waals surface area contributed by atoms with Gasteiger partial charge in [-0.05, 0) is 38.2 Å². The summed E-state index contributed by atoms with van der Waals surface area (Å²) in [5.41, 5.74) is 1.35. The molecule has 0 atom stereocenters. The minimum absolute atomic E-state index is 0.541. The van der Waals surface area contributed by atoms with Crippen molar-refractivity contribution in [1.82, 2.24) is 15.1 Å². The van der Waals surface area contributed by atoms with Crippen molar-refractivity contribution in [2.75, 3.05) is 17.6 Å². The zero-order chi connectivity index (χ0) is 15.4. The first-order valence-corrected chi connectivity index (χ1v) is 8.34. The Balaban J connectivity index is 1.50. The van der Waals surface area contributed by atoms with Gasteiger partial charge in [-0.15, -0.1) is 0 Å². The maximum absolute atomic E-state index is 5.30. The smallest absolute Gasteiger partial charge is 0.263 e. The average molecular weight is 318 g/mol. The van der Waals surface area contributed by atoms with E-state index in [0.29, 0.717) is 11.5 Å². The van der Waals surface area contributed by atoms with Gasteiger partial charge >= 0.3 is 0 Å². The average Bonchev–Trinajstić information content (AvgIpc) is 3.12. The van der Waals surface area contributed by atoms with Crippen molar-refractivity contribution in [2.45, 2.75) is 26.0 Å². The Morgan fingerprint density at radius 3 is 3.00 bits per heavy atom. The summed E-state index contributed by atoms with van der Waals surface area (Å²) in [6.07, 6.45) is 2.75. The fourth-order valence-electron chi connectivity index (χ4n) is 2.17. The second-order valence-corrected chi connectivity index (χ2v) is 6.09. The van der Waals surface area contributed by atoms with Crippen LogP contribution in [0.5, 0.6) is 0 Å². The van der Waals surface area contributed by atoms with E-state index in [0.717, 1.165) is 47.1 Å². The molecule has 6 nitrogen and oxygen atoms in total. The first-order valence-electron chi connectivity index (χ1n) is 7.18. The Morgan fingerprint density at radius 1 is 1.27 bits per heavy atom. The van der Waals surface area contributed by atoms with Crippen molar-refractivity contribution < 1.29 is 8.94 Å². The molecule has 0 bridgehead atoms. The van der Waals surface area contributed by atoms with Crippen LogP contribution in [0.2, 0.25) is 0 Å². The molecule has 3 heterocycles. The monoisotopic (exact) mass is 318 g/mol. The lowest BCUT2D eigenvalue weighted by Crippen LogP contribution is -2.06. The molecule has 0 unspecified atom stereocenters. The highest BCUT2D eigenvalue weighted by atomic mass is 32.2. The number of thioether (sulfide) groups is 1. The van der Waals surface area contributed by atoms with Crippen molar-refractivity contribution in [3.8, 4) is 0 Å². The second-order valence-electron chi connectivity index (χ2n) is 4.98. The molecule has 1 N–H and O–H groups in total. The van der Waals surface area contributed by atoms with Crippen LogP contribution in [0.3, 0.4) is 0 Å². The molecular formula is C15H18N4O2S. The summed E-state index contributed by atoms with van der Waals surface area (Å²) in [6.45, 7) is 4.60. The van der Waals surface area contributed by atoms with Gasteiger partial charge in [0.1, 0.15) is 22.8 Å². The van der Waals surface area contributed by atoms with Crippen LogP contribution in [-0.2, 0) is 5.75 Å². The maximum Gasteiger partial charge on any atom is 0.263 e. The molecule has 0 amide bonds. The van der Waals surface area contributed by atoms with E-state index in [9.17, 15) is 0 Å². The summed E-state index contributed by atoms with van der Waals surface area (Å²) in [5.74, 6) is 4.47. The first-order chi connectivity index (χ1) is 10.7. The van der Waals surface area contributed by atoms with E-state index in [4.69, 9.17) is 8.94 Å². The van der Waals surface area contributed by atoms with Crippen molar-refractivity contribution in [1.29, 1.82) is 0 Å². The predicted octanol–water partition coefficient (Wildman–Crippen LogP) is 3.56. The van der Waals surface area contributed by atoms with E-state index in [1.165, 1.54) is 0 Å². The molecule has 0 saturated carbocycles. The normalized spacial score (nSPS) is 11.2. The van der Waals surface area contributed by atoms with Crippen LogP contribution in [0.25, 0.3) is 11.1 Å². The Hall–Kier alpha value is -2.02.